The van der Waals surface area contributed by atoms with Crippen LogP contribution in [-0.4, -0.2) is 35.1 Å². The Morgan fingerprint density at radius 1 is 1.38 bits per heavy atom. The topological polar surface area (TPSA) is 53.7 Å². The molecule has 1 fully saturated rings. The Morgan fingerprint density at radius 3 is 3.05 bits per heavy atom. The number of aliphatic hydroxyl groups is 1. The first kappa shape index (κ1) is 14.1. The molecule has 1 amide bonds. The van der Waals surface area contributed by atoms with Crippen molar-refractivity contribution in [3.05, 3.63) is 35.8 Å². The number of fused-ring (bicyclic) bond motifs is 1. The van der Waals surface area contributed by atoms with Gasteiger partial charge in [-0.3, -0.25) is 4.79 Å². The summed E-state index contributed by atoms with van der Waals surface area (Å²) in [5, 5.41) is 9.72. The zero-order valence-corrected chi connectivity index (χ0v) is 11.7. The van der Waals surface area contributed by atoms with E-state index in [1.165, 1.54) is 18.2 Å². The summed E-state index contributed by atoms with van der Waals surface area (Å²) in [7, 11) is 0. The van der Waals surface area contributed by atoms with Crippen LogP contribution in [0.4, 0.5) is 4.39 Å². The second-order valence-electron chi connectivity index (χ2n) is 5.45. The van der Waals surface area contributed by atoms with Crippen LogP contribution in [0, 0.1) is 5.82 Å². The molecule has 5 heteroatoms. The molecule has 112 valence electrons. The second kappa shape index (κ2) is 5.85. The minimum absolute atomic E-state index is 0.0567. The van der Waals surface area contributed by atoms with Gasteiger partial charge in [0.15, 0.2) is 5.76 Å². The molecular weight excluding hydrogens is 273 g/mol. The van der Waals surface area contributed by atoms with Crippen LogP contribution in [0.1, 0.15) is 36.2 Å². The molecule has 1 saturated heterocycles. The Kier molecular flexibility index (Phi) is 3.92. The minimum atomic E-state index is -0.349. The molecule has 4 nitrogen and oxygen atoms in total. The van der Waals surface area contributed by atoms with Crippen LogP contribution in [0.25, 0.3) is 11.0 Å². The van der Waals surface area contributed by atoms with E-state index in [9.17, 15) is 9.18 Å². The smallest absolute Gasteiger partial charge is 0.289 e. The molecule has 1 aliphatic heterocycles. The number of benzene rings is 1. The number of aliphatic hydroxyl groups excluding tert-OH is 1. The van der Waals surface area contributed by atoms with E-state index in [2.05, 4.69) is 0 Å². The Morgan fingerprint density at radius 2 is 2.24 bits per heavy atom. The van der Waals surface area contributed by atoms with Gasteiger partial charge >= 0.3 is 0 Å². The summed E-state index contributed by atoms with van der Waals surface area (Å²) < 4.78 is 18.7. The minimum Gasteiger partial charge on any atom is -0.451 e. The van der Waals surface area contributed by atoms with Crippen molar-refractivity contribution >= 4 is 16.9 Å². The van der Waals surface area contributed by atoms with E-state index in [4.69, 9.17) is 9.52 Å². The molecule has 0 bridgehead atoms. The number of furan rings is 1. The summed E-state index contributed by atoms with van der Waals surface area (Å²) in [5.41, 5.74) is 0.510. The number of nitrogens with zero attached hydrogens (tertiary/aromatic N) is 1. The number of hydrogen-bond donors (Lipinski definition) is 1. The molecule has 1 aromatic heterocycles. The Hall–Kier alpha value is -1.88. The standard InChI is InChI=1S/C16H18FNO3/c17-12-4-5-14-11(9-12)10-15(21-14)16(20)18-7-2-1-3-13(18)6-8-19/h4-5,9-10,13,19H,1-3,6-8H2. The van der Waals surface area contributed by atoms with Gasteiger partial charge < -0.3 is 14.4 Å². The van der Waals surface area contributed by atoms with Crippen molar-refractivity contribution in [2.24, 2.45) is 0 Å². The van der Waals surface area contributed by atoms with Crippen molar-refractivity contribution in [2.45, 2.75) is 31.7 Å². The number of likely N-dealkylation sites (tertiary alicyclic amines) is 1. The molecule has 2 aromatic rings. The van der Waals surface area contributed by atoms with E-state index in [0.29, 0.717) is 23.9 Å². The average molecular weight is 291 g/mol. The number of halogens is 1. The van der Waals surface area contributed by atoms with Crippen LogP contribution in [-0.2, 0) is 0 Å². The molecule has 0 radical (unpaired) electrons. The summed E-state index contributed by atoms with van der Waals surface area (Å²) in [6, 6.07) is 5.85. The predicted octanol–water partition coefficient (Wildman–Crippen LogP) is 2.95. The first-order valence-electron chi connectivity index (χ1n) is 7.30. The summed E-state index contributed by atoms with van der Waals surface area (Å²) >= 11 is 0. The fraction of sp³-hybridized carbons (Fsp3) is 0.438. The maximum atomic E-state index is 13.2. The highest BCUT2D eigenvalue weighted by Gasteiger charge is 2.28. The SMILES string of the molecule is O=C(c1cc2cc(F)ccc2o1)N1CCCCC1CCO. The first-order chi connectivity index (χ1) is 10.2. The fourth-order valence-corrected chi connectivity index (χ4v) is 2.98. The molecule has 3 rings (SSSR count). The average Bonchev–Trinajstić information content (AvgIpc) is 2.90. The van der Waals surface area contributed by atoms with E-state index in [1.54, 1.807) is 11.0 Å². The molecule has 1 N–H and O–H groups in total. The van der Waals surface area contributed by atoms with Gasteiger partial charge in [-0.05, 0) is 49.9 Å². The molecule has 1 atom stereocenters. The molecule has 0 aliphatic carbocycles. The van der Waals surface area contributed by atoms with Crippen LogP contribution in [0.3, 0.4) is 0 Å². The van der Waals surface area contributed by atoms with Gasteiger partial charge in [-0.15, -0.1) is 0 Å². The first-order valence-corrected chi connectivity index (χ1v) is 7.30. The number of carbonyl (C=O) groups is 1. The number of rotatable bonds is 3. The lowest BCUT2D eigenvalue weighted by Gasteiger charge is -2.34. The zero-order chi connectivity index (χ0) is 14.8. The number of piperidine rings is 1. The summed E-state index contributed by atoms with van der Waals surface area (Å²) in [6.07, 6.45) is 3.52. The van der Waals surface area contributed by atoms with Crippen molar-refractivity contribution in [2.75, 3.05) is 13.2 Å². The van der Waals surface area contributed by atoms with Crippen LogP contribution < -0.4 is 0 Å². The highest BCUT2D eigenvalue weighted by Crippen LogP contribution is 2.25. The lowest BCUT2D eigenvalue weighted by Crippen LogP contribution is -2.44. The van der Waals surface area contributed by atoms with Crippen molar-refractivity contribution in [3.8, 4) is 0 Å². The predicted molar refractivity (Wildman–Crippen MR) is 76.6 cm³/mol. The van der Waals surface area contributed by atoms with Gasteiger partial charge in [0, 0.05) is 24.6 Å². The molecule has 21 heavy (non-hydrogen) atoms. The van der Waals surface area contributed by atoms with Gasteiger partial charge in [-0.1, -0.05) is 0 Å². The third-order valence-electron chi connectivity index (χ3n) is 4.04. The number of carbonyl (C=O) groups excluding carboxylic acids is 1. The van der Waals surface area contributed by atoms with Gasteiger partial charge in [0.2, 0.25) is 0 Å². The fourth-order valence-electron chi connectivity index (χ4n) is 2.98. The molecular formula is C16H18FNO3. The Labute approximate surface area is 122 Å². The lowest BCUT2D eigenvalue weighted by atomic mass is 9.99. The summed E-state index contributed by atoms with van der Waals surface area (Å²) in [5.74, 6) is -0.288. The highest BCUT2D eigenvalue weighted by atomic mass is 19.1. The van der Waals surface area contributed by atoms with Crippen molar-refractivity contribution < 1.29 is 18.7 Å². The Bertz CT molecular complexity index is 650. The second-order valence-corrected chi connectivity index (χ2v) is 5.45. The van der Waals surface area contributed by atoms with Gasteiger partial charge in [-0.25, -0.2) is 4.39 Å². The van der Waals surface area contributed by atoms with Crippen molar-refractivity contribution in [1.82, 2.24) is 4.90 Å². The normalized spacial score (nSPS) is 19.1. The molecule has 1 aromatic carbocycles. The van der Waals surface area contributed by atoms with Gasteiger partial charge in [0.25, 0.3) is 5.91 Å². The van der Waals surface area contributed by atoms with Gasteiger partial charge in [0.1, 0.15) is 11.4 Å². The van der Waals surface area contributed by atoms with E-state index < -0.39 is 0 Å². The van der Waals surface area contributed by atoms with Crippen LogP contribution in [0.15, 0.2) is 28.7 Å². The van der Waals surface area contributed by atoms with Crippen LogP contribution in [0.2, 0.25) is 0 Å². The van der Waals surface area contributed by atoms with Gasteiger partial charge in [-0.2, -0.15) is 0 Å². The molecule has 0 saturated carbocycles. The zero-order valence-electron chi connectivity index (χ0n) is 11.7. The summed E-state index contributed by atoms with van der Waals surface area (Å²) in [4.78, 5) is 14.4. The molecule has 1 unspecified atom stereocenters. The third kappa shape index (κ3) is 2.78. The Balaban J connectivity index is 1.87. The van der Waals surface area contributed by atoms with Crippen molar-refractivity contribution in [3.63, 3.8) is 0 Å². The molecule has 0 spiro atoms. The summed E-state index contributed by atoms with van der Waals surface area (Å²) in [6.45, 7) is 0.745. The maximum Gasteiger partial charge on any atom is 0.289 e. The highest BCUT2D eigenvalue weighted by molar-refractivity contribution is 5.96. The lowest BCUT2D eigenvalue weighted by molar-refractivity contribution is 0.0545. The van der Waals surface area contributed by atoms with Crippen LogP contribution in [0.5, 0.6) is 0 Å². The third-order valence-corrected chi connectivity index (χ3v) is 4.04. The van der Waals surface area contributed by atoms with E-state index in [1.807, 2.05) is 0 Å². The van der Waals surface area contributed by atoms with E-state index in [0.717, 1.165) is 19.3 Å². The number of hydrogen-bond acceptors (Lipinski definition) is 3. The van der Waals surface area contributed by atoms with Crippen molar-refractivity contribution in [1.29, 1.82) is 0 Å². The van der Waals surface area contributed by atoms with E-state index >= 15 is 0 Å². The van der Waals surface area contributed by atoms with Gasteiger partial charge in [0.05, 0.1) is 0 Å². The monoisotopic (exact) mass is 291 g/mol. The largest absolute Gasteiger partial charge is 0.451 e. The molecule has 2 heterocycles. The number of amides is 1. The maximum absolute atomic E-state index is 13.2. The molecule has 1 aliphatic rings. The van der Waals surface area contributed by atoms with Crippen LogP contribution >= 0.6 is 0 Å². The quantitative estimate of drug-likeness (QED) is 0.946. The van der Waals surface area contributed by atoms with E-state index in [-0.39, 0.29) is 30.1 Å².